The summed E-state index contributed by atoms with van der Waals surface area (Å²) in [6.45, 7) is 4.72. The number of nitrogens with one attached hydrogen (secondary N) is 1. The number of carbonyl (C=O) groups excluding carboxylic acids is 1. The van der Waals surface area contributed by atoms with Crippen LogP contribution in [0.4, 0.5) is 5.69 Å². The monoisotopic (exact) mass is 364 g/mol. The van der Waals surface area contributed by atoms with E-state index in [0.717, 1.165) is 0 Å². The molecule has 2 rings (SSSR count). The Morgan fingerprint density at radius 1 is 1.22 bits per heavy atom. The fourth-order valence-electron chi connectivity index (χ4n) is 2.17. The van der Waals surface area contributed by atoms with E-state index in [-0.39, 0.29) is 11.1 Å². The first-order valence-electron chi connectivity index (χ1n) is 8.38. The largest absolute Gasteiger partial charge is 0.493 e. The van der Waals surface area contributed by atoms with Crippen LogP contribution < -0.4 is 10.1 Å². The Labute approximate surface area is 157 Å². The van der Waals surface area contributed by atoms with Crippen molar-refractivity contribution in [3.8, 4) is 11.8 Å². The molecule has 0 heterocycles. The van der Waals surface area contributed by atoms with Crippen molar-refractivity contribution < 1.29 is 19.4 Å². The number of amides is 1. The normalized spacial score (nSPS) is 11.0. The SMILES string of the molecule is CC(C)COc1ccc(/C=C(/C#N)C(=O)Nc2cccc(C(=O)O)c2)cc1. The summed E-state index contributed by atoms with van der Waals surface area (Å²) < 4.78 is 5.60. The first-order chi connectivity index (χ1) is 12.9. The molecule has 138 valence electrons. The Balaban J connectivity index is 2.11. The third-order valence-corrected chi connectivity index (χ3v) is 3.51. The maximum atomic E-state index is 12.3. The molecule has 0 bridgehead atoms. The van der Waals surface area contributed by atoms with Crippen LogP contribution in [0.1, 0.15) is 29.8 Å². The molecule has 0 aliphatic carbocycles. The van der Waals surface area contributed by atoms with E-state index < -0.39 is 11.9 Å². The first kappa shape index (κ1) is 19.7. The van der Waals surface area contributed by atoms with E-state index in [9.17, 15) is 14.9 Å². The predicted molar refractivity (Wildman–Crippen MR) is 102 cm³/mol. The molecule has 27 heavy (non-hydrogen) atoms. The summed E-state index contributed by atoms with van der Waals surface area (Å²) in [5.41, 5.74) is 0.940. The van der Waals surface area contributed by atoms with Gasteiger partial charge in [-0.25, -0.2) is 4.79 Å². The van der Waals surface area contributed by atoms with E-state index in [0.29, 0.717) is 29.5 Å². The highest BCUT2D eigenvalue weighted by atomic mass is 16.5. The van der Waals surface area contributed by atoms with Gasteiger partial charge in [0.15, 0.2) is 0 Å². The van der Waals surface area contributed by atoms with Crippen molar-refractivity contribution in [1.82, 2.24) is 0 Å². The Morgan fingerprint density at radius 2 is 1.93 bits per heavy atom. The molecule has 6 heteroatoms. The number of carboxylic acids is 1. The lowest BCUT2D eigenvalue weighted by molar-refractivity contribution is -0.112. The second-order valence-corrected chi connectivity index (χ2v) is 6.28. The van der Waals surface area contributed by atoms with Crippen LogP contribution in [0.25, 0.3) is 6.08 Å². The van der Waals surface area contributed by atoms with Gasteiger partial charge in [-0.2, -0.15) is 5.26 Å². The van der Waals surface area contributed by atoms with Gasteiger partial charge in [0, 0.05) is 5.69 Å². The van der Waals surface area contributed by atoms with Crippen LogP contribution in [-0.2, 0) is 4.79 Å². The van der Waals surface area contributed by atoms with Gasteiger partial charge in [-0.3, -0.25) is 4.79 Å². The number of aromatic carboxylic acids is 1. The van der Waals surface area contributed by atoms with Gasteiger partial charge in [0.25, 0.3) is 5.91 Å². The van der Waals surface area contributed by atoms with Crippen molar-refractivity contribution in [2.45, 2.75) is 13.8 Å². The summed E-state index contributed by atoms with van der Waals surface area (Å²) in [5, 5.41) is 20.8. The lowest BCUT2D eigenvalue weighted by Crippen LogP contribution is -2.13. The molecule has 6 nitrogen and oxygen atoms in total. The topological polar surface area (TPSA) is 99.4 Å². The second-order valence-electron chi connectivity index (χ2n) is 6.28. The molecule has 0 unspecified atom stereocenters. The number of nitriles is 1. The zero-order chi connectivity index (χ0) is 19.8. The fourth-order valence-corrected chi connectivity index (χ4v) is 2.17. The van der Waals surface area contributed by atoms with Crippen LogP contribution in [0.3, 0.4) is 0 Å². The van der Waals surface area contributed by atoms with Crippen molar-refractivity contribution in [2.75, 3.05) is 11.9 Å². The van der Waals surface area contributed by atoms with Crippen LogP contribution in [0.2, 0.25) is 0 Å². The molecule has 0 saturated carbocycles. The van der Waals surface area contributed by atoms with Gasteiger partial charge in [0.2, 0.25) is 0 Å². The minimum atomic E-state index is -1.10. The number of nitrogens with zero attached hydrogens (tertiary/aromatic N) is 1. The number of benzene rings is 2. The molecule has 0 aliphatic rings. The number of hydrogen-bond donors (Lipinski definition) is 2. The van der Waals surface area contributed by atoms with Gasteiger partial charge in [-0.05, 0) is 47.9 Å². The molecular weight excluding hydrogens is 344 g/mol. The minimum absolute atomic E-state index is 0.0484. The van der Waals surface area contributed by atoms with Crippen LogP contribution in [0.15, 0.2) is 54.1 Å². The number of ether oxygens (including phenoxy) is 1. The summed E-state index contributed by atoms with van der Waals surface area (Å²) in [5.74, 6) is -0.575. The van der Waals surface area contributed by atoms with Gasteiger partial charge in [-0.15, -0.1) is 0 Å². The average molecular weight is 364 g/mol. The Kier molecular flexibility index (Phi) is 6.73. The van der Waals surface area contributed by atoms with Crippen molar-refractivity contribution in [1.29, 1.82) is 5.26 Å². The summed E-state index contributed by atoms with van der Waals surface area (Å²) in [6.07, 6.45) is 1.46. The van der Waals surface area contributed by atoms with Crippen molar-refractivity contribution >= 4 is 23.6 Å². The summed E-state index contributed by atoms with van der Waals surface area (Å²) in [4.78, 5) is 23.3. The van der Waals surface area contributed by atoms with E-state index in [1.165, 1.54) is 24.3 Å². The van der Waals surface area contributed by atoms with E-state index in [4.69, 9.17) is 9.84 Å². The molecule has 0 atom stereocenters. The molecule has 2 aromatic carbocycles. The van der Waals surface area contributed by atoms with Crippen LogP contribution >= 0.6 is 0 Å². The maximum Gasteiger partial charge on any atom is 0.335 e. The number of carbonyl (C=O) groups is 2. The van der Waals surface area contributed by atoms with E-state index in [2.05, 4.69) is 19.2 Å². The smallest absolute Gasteiger partial charge is 0.335 e. The molecule has 1 amide bonds. The van der Waals surface area contributed by atoms with E-state index >= 15 is 0 Å². The third kappa shape index (κ3) is 6.01. The molecule has 0 spiro atoms. The molecule has 0 radical (unpaired) electrons. The average Bonchev–Trinajstić information content (AvgIpc) is 2.65. The van der Waals surface area contributed by atoms with Crippen LogP contribution in [0.5, 0.6) is 5.75 Å². The van der Waals surface area contributed by atoms with Crippen molar-refractivity contribution in [3.63, 3.8) is 0 Å². The van der Waals surface area contributed by atoms with Gasteiger partial charge in [0.05, 0.1) is 12.2 Å². The van der Waals surface area contributed by atoms with Gasteiger partial charge >= 0.3 is 5.97 Å². The van der Waals surface area contributed by atoms with Crippen molar-refractivity contribution in [2.24, 2.45) is 5.92 Å². The quantitative estimate of drug-likeness (QED) is 0.572. The Bertz CT molecular complexity index is 893. The zero-order valence-corrected chi connectivity index (χ0v) is 15.1. The highest BCUT2D eigenvalue weighted by Crippen LogP contribution is 2.17. The van der Waals surface area contributed by atoms with Gasteiger partial charge in [0.1, 0.15) is 17.4 Å². The molecule has 0 saturated heterocycles. The number of rotatable bonds is 7. The van der Waals surface area contributed by atoms with Crippen LogP contribution in [0, 0.1) is 17.2 Å². The lowest BCUT2D eigenvalue weighted by Gasteiger charge is -2.08. The fraction of sp³-hybridized carbons (Fsp3) is 0.190. The summed E-state index contributed by atoms with van der Waals surface area (Å²) in [6, 6.07) is 14.7. The zero-order valence-electron chi connectivity index (χ0n) is 15.1. The van der Waals surface area contributed by atoms with E-state index in [1.807, 2.05) is 6.07 Å². The number of carboxylic acid groups (broad SMARTS) is 1. The molecule has 2 N–H and O–H groups in total. The molecular formula is C21H20N2O4. The minimum Gasteiger partial charge on any atom is -0.493 e. The van der Waals surface area contributed by atoms with E-state index in [1.54, 1.807) is 30.3 Å². The second kappa shape index (κ2) is 9.20. The maximum absolute atomic E-state index is 12.3. The lowest BCUT2D eigenvalue weighted by atomic mass is 10.1. The van der Waals surface area contributed by atoms with Crippen molar-refractivity contribution in [3.05, 3.63) is 65.2 Å². The Morgan fingerprint density at radius 3 is 2.52 bits per heavy atom. The third-order valence-electron chi connectivity index (χ3n) is 3.51. The summed E-state index contributed by atoms with van der Waals surface area (Å²) >= 11 is 0. The highest BCUT2D eigenvalue weighted by Gasteiger charge is 2.11. The van der Waals surface area contributed by atoms with Gasteiger partial charge in [-0.1, -0.05) is 32.0 Å². The highest BCUT2D eigenvalue weighted by molar-refractivity contribution is 6.10. The van der Waals surface area contributed by atoms with Crippen LogP contribution in [-0.4, -0.2) is 23.6 Å². The predicted octanol–water partition coefficient (Wildman–Crippen LogP) is 3.97. The molecule has 0 aliphatic heterocycles. The molecule has 0 aromatic heterocycles. The number of hydrogen-bond acceptors (Lipinski definition) is 4. The first-order valence-corrected chi connectivity index (χ1v) is 8.38. The molecule has 0 fully saturated rings. The standard InChI is InChI=1S/C21H20N2O4/c1-14(2)13-27-19-8-6-15(7-9-19)10-17(12-22)20(24)23-18-5-3-4-16(11-18)21(25)26/h3-11,14H,13H2,1-2H3,(H,23,24)(H,25,26)/b17-10-. The Hall–Kier alpha value is -3.59. The van der Waals surface area contributed by atoms with Gasteiger partial charge < -0.3 is 15.2 Å². The molecule has 2 aromatic rings. The summed E-state index contributed by atoms with van der Waals surface area (Å²) in [7, 11) is 0. The number of anilines is 1.